The first kappa shape index (κ1) is 17.5. The van der Waals surface area contributed by atoms with E-state index < -0.39 is 6.10 Å². The van der Waals surface area contributed by atoms with Crippen molar-refractivity contribution in [1.82, 2.24) is 15.5 Å². The number of aliphatic hydroxyl groups is 1. The van der Waals surface area contributed by atoms with E-state index in [9.17, 15) is 9.90 Å². The summed E-state index contributed by atoms with van der Waals surface area (Å²) in [6, 6.07) is 9.29. The number of para-hydroxylation sites is 1. The number of amides is 1. The number of hydrogen-bond donors (Lipinski definition) is 3. The van der Waals surface area contributed by atoms with Crippen molar-refractivity contribution in [3.05, 3.63) is 47.8 Å². The molecule has 25 heavy (non-hydrogen) atoms. The molecule has 6 heteroatoms. The Bertz CT molecular complexity index is 666. The Labute approximate surface area is 147 Å². The zero-order chi connectivity index (χ0) is 17.5. The largest absolute Gasteiger partial charge is 0.491 e. The molecule has 1 amide bonds. The van der Waals surface area contributed by atoms with E-state index in [4.69, 9.17) is 4.74 Å². The summed E-state index contributed by atoms with van der Waals surface area (Å²) in [5, 5.41) is 19.8. The number of aromatic nitrogens is 2. The number of benzene rings is 1. The van der Waals surface area contributed by atoms with Crippen LogP contribution in [0.5, 0.6) is 5.75 Å². The number of ether oxygens (including phenoxy) is 1. The van der Waals surface area contributed by atoms with Crippen LogP contribution in [0.4, 0.5) is 0 Å². The lowest BCUT2D eigenvalue weighted by Crippen LogP contribution is -2.35. The van der Waals surface area contributed by atoms with Gasteiger partial charge in [-0.3, -0.25) is 9.89 Å². The summed E-state index contributed by atoms with van der Waals surface area (Å²) in [7, 11) is 0. The van der Waals surface area contributed by atoms with Gasteiger partial charge < -0.3 is 15.2 Å². The second-order valence-corrected chi connectivity index (χ2v) is 6.52. The zero-order valence-corrected chi connectivity index (χ0v) is 14.3. The van der Waals surface area contributed by atoms with Gasteiger partial charge in [-0.15, -0.1) is 0 Å². The van der Waals surface area contributed by atoms with Gasteiger partial charge in [-0.1, -0.05) is 37.5 Å². The molecule has 1 saturated carbocycles. The van der Waals surface area contributed by atoms with Crippen molar-refractivity contribution in [1.29, 1.82) is 0 Å². The molecule has 3 N–H and O–H groups in total. The number of H-pyrrole nitrogens is 1. The minimum atomic E-state index is -0.769. The van der Waals surface area contributed by atoms with Gasteiger partial charge in [0.1, 0.15) is 18.5 Å². The molecule has 0 aliphatic heterocycles. The molecule has 1 aromatic heterocycles. The minimum absolute atomic E-state index is 0.130. The summed E-state index contributed by atoms with van der Waals surface area (Å²) in [5.74, 6) is 0.874. The molecule has 0 radical (unpaired) electrons. The number of carbonyl (C=O) groups is 1. The van der Waals surface area contributed by atoms with E-state index in [-0.39, 0.29) is 19.1 Å². The molecule has 134 valence electrons. The molecule has 3 rings (SSSR count). The first-order valence-corrected chi connectivity index (χ1v) is 8.91. The van der Waals surface area contributed by atoms with Crippen molar-refractivity contribution in [2.45, 2.75) is 44.1 Å². The molecule has 1 aromatic carbocycles. The van der Waals surface area contributed by atoms with Crippen molar-refractivity contribution in [2.75, 3.05) is 13.2 Å². The number of aromatic amines is 1. The average molecular weight is 343 g/mol. The summed E-state index contributed by atoms with van der Waals surface area (Å²) < 4.78 is 5.49. The van der Waals surface area contributed by atoms with Crippen LogP contribution in [0.1, 0.15) is 54.1 Å². The third-order valence-corrected chi connectivity index (χ3v) is 4.61. The second-order valence-electron chi connectivity index (χ2n) is 6.52. The maximum atomic E-state index is 12.4. The van der Waals surface area contributed by atoms with Crippen LogP contribution in [0, 0.1) is 0 Å². The highest BCUT2D eigenvalue weighted by atomic mass is 16.5. The van der Waals surface area contributed by atoms with Crippen LogP contribution in [0.2, 0.25) is 0 Å². The van der Waals surface area contributed by atoms with E-state index in [1.54, 1.807) is 6.20 Å². The van der Waals surface area contributed by atoms with Crippen LogP contribution in [0.15, 0.2) is 36.5 Å². The fourth-order valence-corrected chi connectivity index (χ4v) is 3.25. The second kappa shape index (κ2) is 8.67. The van der Waals surface area contributed by atoms with Gasteiger partial charge in [0, 0.05) is 12.5 Å². The van der Waals surface area contributed by atoms with Gasteiger partial charge in [-0.05, 0) is 25.0 Å². The molecule has 1 heterocycles. The van der Waals surface area contributed by atoms with Crippen molar-refractivity contribution in [3.63, 3.8) is 0 Å². The first-order valence-electron chi connectivity index (χ1n) is 8.91. The summed E-state index contributed by atoms with van der Waals surface area (Å²) in [6.07, 6.45) is 6.65. The highest BCUT2D eigenvalue weighted by molar-refractivity contribution is 5.95. The van der Waals surface area contributed by atoms with Gasteiger partial charge in [0.15, 0.2) is 0 Å². The van der Waals surface area contributed by atoms with Crippen molar-refractivity contribution in [3.8, 4) is 5.75 Å². The molecular formula is C19H25N3O3. The Morgan fingerprint density at radius 2 is 2.04 bits per heavy atom. The number of hydrogen-bond acceptors (Lipinski definition) is 4. The third kappa shape index (κ3) is 4.82. The van der Waals surface area contributed by atoms with Crippen molar-refractivity contribution < 1.29 is 14.6 Å². The lowest BCUT2D eigenvalue weighted by atomic mass is 9.85. The normalized spacial score (nSPS) is 16.4. The fourth-order valence-electron chi connectivity index (χ4n) is 3.25. The smallest absolute Gasteiger partial charge is 0.254 e. The highest BCUT2D eigenvalue weighted by Gasteiger charge is 2.23. The molecule has 1 aliphatic carbocycles. The molecular weight excluding hydrogens is 318 g/mol. The van der Waals surface area contributed by atoms with Gasteiger partial charge in [0.2, 0.25) is 0 Å². The summed E-state index contributed by atoms with van der Waals surface area (Å²) >= 11 is 0. The summed E-state index contributed by atoms with van der Waals surface area (Å²) in [6.45, 7) is 0.270. The maximum absolute atomic E-state index is 12.4. The number of nitrogens with zero attached hydrogens (tertiary/aromatic N) is 1. The number of carbonyl (C=O) groups excluding carboxylic acids is 1. The predicted molar refractivity (Wildman–Crippen MR) is 94.7 cm³/mol. The third-order valence-electron chi connectivity index (χ3n) is 4.61. The van der Waals surface area contributed by atoms with E-state index in [0.717, 1.165) is 18.5 Å². The Kier molecular flexibility index (Phi) is 6.06. The van der Waals surface area contributed by atoms with Gasteiger partial charge >= 0.3 is 0 Å². The zero-order valence-electron chi connectivity index (χ0n) is 14.3. The van der Waals surface area contributed by atoms with E-state index in [1.165, 1.54) is 19.3 Å². The number of aliphatic hydroxyl groups excluding tert-OH is 1. The first-order chi connectivity index (χ1) is 12.2. The van der Waals surface area contributed by atoms with Gasteiger partial charge in [-0.2, -0.15) is 5.10 Å². The standard InChI is InChI=1S/C19H25N3O3/c23-15(13-25-16-9-5-2-6-10-16)11-20-19(24)17-12-21-22-18(17)14-7-3-1-4-8-14/h2,5-6,9-10,12,14-15,23H,1,3-4,7-8,11,13H2,(H,20,24)(H,21,22)/t15-/m1/s1. The topological polar surface area (TPSA) is 87.2 Å². The van der Waals surface area contributed by atoms with E-state index in [1.807, 2.05) is 30.3 Å². The molecule has 0 unspecified atom stereocenters. The van der Waals surface area contributed by atoms with Crippen LogP contribution in [-0.4, -0.2) is 40.5 Å². The lowest BCUT2D eigenvalue weighted by molar-refractivity contribution is 0.0842. The Hall–Kier alpha value is -2.34. The molecule has 6 nitrogen and oxygen atoms in total. The minimum Gasteiger partial charge on any atom is -0.491 e. The van der Waals surface area contributed by atoms with Crippen LogP contribution in [0.25, 0.3) is 0 Å². The molecule has 1 aliphatic rings. The van der Waals surface area contributed by atoms with Gasteiger partial charge in [0.25, 0.3) is 5.91 Å². The van der Waals surface area contributed by atoms with Crippen molar-refractivity contribution >= 4 is 5.91 Å². The van der Waals surface area contributed by atoms with E-state index >= 15 is 0 Å². The maximum Gasteiger partial charge on any atom is 0.254 e. The molecule has 2 aromatic rings. The Morgan fingerprint density at radius 1 is 1.28 bits per heavy atom. The highest BCUT2D eigenvalue weighted by Crippen LogP contribution is 2.33. The Morgan fingerprint density at radius 3 is 2.80 bits per heavy atom. The lowest BCUT2D eigenvalue weighted by Gasteiger charge is -2.21. The monoisotopic (exact) mass is 343 g/mol. The van der Waals surface area contributed by atoms with Crippen LogP contribution in [0.3, 0.4) is 0 Å². The predicted octanol–water partition coefficient (Wildman–Crippen LogP) is 2.63. The van der Waals surface area contributed by atoms with Gasteiger partial charge in [-0.25, -0.2) is 0 Å². The number of rotatable bonds is 7. The Balaban J connectivity index is 1.48. The quantitative estimate of drug-likeness (QED) is 0.721. The summed E-state index contributed by atoms with van der Waals surface area (Å²) in [4.78, 5) is 12.4. The molecule has 0 spiro atoms. The number of nitrogens with one attached hydrogen (secondary N) is 2. The van der Waals surface area contributed by atoms with E-state index in [0.29, 0.717) is 17.2 Å². The van der Waals surface area contributed by atoms with E-state index in [2.05, 4.69) is 15.5 Å². The molecule has 0 saturated heterocycles. The average Bonchev–Trinajstić information content (AvgIpc) is 3.16. The molecule has 0 bridgehead atoms. The van der Waals surface area contributed by atoms with Crippen LogP contribution in [-0.2, 0) is 0 Å². The van der Waals surface area contributed by atoms with Crippen LogP contribution < -0.4 is 10.1 Å². The SMILES string of the molecule is O=C(NC[C@@H](O)COc1ccccc1)c1cn[nH]c1C1CCCCC1. The van der Waals surface area contributed by atoms with Crippen LogP contribution >= 0.6 is 0 Å². The molecule has 1 atom stereocenters. The van der Waals surface area contributed by atoms with Crippen molar-refractivity contribution in [2.24, 2.45) is 0 Å². The molecule has 1 fully saturated rings. The van der Waals surface area contributed by atoms with Gasteiger partial charge in [0.05, 0.1) is 17.5 Å². The summed E-state index contributed by atoms with van der Waals surface area (Å²) in [5.41, 5.74) is 1.51. The fraction of sp³-hybridized carbons (Fsp3) is 0.474.